The van der Waals surface area contributed by atoms with Crippen LogP contribution in [0.1, 0.15) is 52.4 Å². The molecule has 3 saturated heterocycles. The van der Waals surface area contributed by atoms with Gasteiger partial charge in [-0.2, -0.15) is 0 Å². The third kappa shape index (κ3) is 12.7. The molecule has 3 rings (SSSR count). The largest absolute Gasteiger partial charge is 0.469 e. The standard InChI is InChI=1S/C32H51ClO20/c1-14(35)8-9-19(37)51-27-17(13-47-30-25(43)23(41)21(39)15(2)48-30)50-32(46-10-6-4-5-7-18(36)45-3)29(52-20(38)11-33)28(27)53-31-26(44)24(42)22(40)16(12-34)49-31/h15-17,21-32,34,39-44H,4-13H2,1-3H3/t15-,16+,17+,21+,22-,23+,24-,25-,26+,27-,28-,29+,30+,31+,32+/m0/s1. The van der Waals surface area contributed by atoms with Crippen LogP contribution < -0.4 is 0 Å². The lowest BCUT2D eigenvalue weighted by Gasteiger charge is -2.48. The number of carbonyl (C=O) groups excluding carboxylic acids is 4. The van der Waals surface area contributed by atoms with Crippen molar-refractivity contribution in [1.29, 1.82) is 0 Å². The molecule has 0 aromatic rings. The molecule has 3 aliphatic heterocycles. The number of aliphatic hydroxyl groups is 7. The van der Waals surface area contributed by atoms with E-state index in [0.717, 1.165) is 0 Å². The van der Waals surface area contributed by atoms with Crippen molar-refractivity contribution in [2.45, 2.75) is 144 Å². The fourth-order valence-electron chi connectivity index (χ4n) is 5.77. The lowest BCUT2D eigenvalue weighted by atomic mass is 9.96. The first-order valence-electron chi connectivity index (χ1n) is 17.2. The fourth-order valence-corrected chi connectivity index (χ4v) is 5.83. The Morgan fingerprint density at radius 3 is 1.92 bits per heavy atom. The number of Topliss-reactive ketones (excluding diaryl/α,β-unsaturated/α-hetero) is 1. The Morgan fingerprint density at radius 1 is 0.642 bits per heavy atom. The van der Waals surface area contributed by atoms with Crippen LogP contribution in [0.4, 0.5) is 0 Å². The Kier molecular flexibility index (Phi) is 18.6. The average Bonchev–Trinajstić information content (AvgIpc) is 3.13. The topological polar surface area (TPSA) is 293 Å². The molecule has 3 fully saturated rings. The number of halogens is 1. The maximum absolute atomic E-state index is 13.1. The van der Waals surface area contributed by atoms with Crippen LogP contribution >= 0.6 is 11.6 Å². The van der Waals surface area contributed by atoms with Crippen LogP contribution in [0.5, 0.6) is 0 Å². The minimum atomic E-state index is -1.97. The predicted octanol–water partition coefficient (Wildman–Crippen LogP) is -3.08. The highest BCUT2D eigenvalue weighted by Crippen LogP contribution is 2.34. The first-order valence-corrected chi connectivity index (χ1v) is 17.7. The van der Waals surface area contributed by atoms with Gasteiger partial charge in [-0.1, -0.05) is 6.42 Å². The molecule has 0 saturated carbocycles. The van der Waals surface area contributed by atoms with E-state index < -0.39 is 136 Å². The number of aliphatic hydroxyl groups excluding tert-OH is 7. The number of ketones is 1. The normalized spacial score (nSPS) is 37.5. The molecule has 0 aliphatic carbocycles. The zero-order chi connectivity index (χ0) is 39.4. The second-order valence-electron chi connectivity index (χ2n) is 12.9. The molecule has 15 atom stereocenters. The Balaban J connectivity index is 2.00. The number of methoxy groups -OCH3 is 1. The van der Waals surface area contributed by atoms with E-state index in [1.165, 1.54) is 21.0 Å². The number of hydrogen-bond donors (Lipinski definition) is 7. The minimum absolute atomic E-state index is 0.0593. The van der Waals surface area contributed by atoms with E-state index in [4.69, 9.17) is 49.5 Å². The molecule has 0 aromatic heterocycles. The maximum atomic E-state index is 13.1. The van der Waals surface area contributed by atoms with Crippen LogP contribution in [0.15, 0.2) is 0 Å². The molecule has 7 N–H and O–H groups in total. The molecular formula is C32H51ClO20. The maximum Gasteiger partial charge on any atom is 0.321 e. The summed E-state index contributed by atoms with van der Waals surface area (Å²) in [6, 6.07) is 0. The zero-order valence-corrected chi connectivity index (χ0v) is 30.3. The van der Waals surface area contributed by atoms with Crippen molar-refractivity contribution in [3.05, 3.63) is 0 Å². The molecule has 20 nitrogen and oxygen atoms in total. The van der Waals surface area contributed by atoms with Crippen LogP contribution in [0.2, 0.25) is 0 Å². The van der Waals surface area contributed by atoms with Gasteiger partial charge in [0.2, 0.25) is 0 Å². The van der Waals surface area contributed by atoms with Gasteiger partial charge in [0, 0.05) is 19.4 Å². The van der Waals surface area contributed by atoms with Crippen molar-refractivity contribution in [2.24, 2.45) is 0 Å². The Bertz CT molecular complexity index is 1180. The molecule has 306 valence electrons. The number of carbonyl (C=O) groups is 4. The smallest absolute Gasteiger partial charge is 0.321 e. The van der Waals surface area contributed by atoms with Crippen molar-refractivity contribution >= 4 is 35.3 Å². The summed E-state index contributed by atoms with van der Waals surface area (Å²) in [5, 5.41) is 72.4. The highest BCUT2D eigenvalue weighted by Gasteiger charge is 2.55. The van der Waals surface area contributed by atoms with Gasteiger partial charge < -0.3 is 83.2 Å². The summed E-state index contributed by atoms with van der Waals surface area (Å²) in [5.74, 6) is -3.41. The van der Waals surface area contributed by atoms with Gasteiger partial charge in [-0.25, -0.2) is 0 Å². The summed E-state index contributed by atoms with van der Waals surface area (Å²) in [5.41, 5.74) is 0. The molecule has 0 aromatic carbocycles. The zero-order valence-electron chi connectivity index (χ0n) is 29.5. The van der Waals surface area contributed by atoms with E-state index in [1.54, 1.807) is 0 Å². The predicted molar refractivity (Wildman–Crippen MR) is 172 cm³/mol. The van der Waals surface area contributed by atoms with Gasteiger partial charge in [-0.15, -0.1) is 11.6 Å². The Morgan fingerprint density at radius 2 is 1.28 bits per heavy atom. The van der Waals surface area contributed by atoms with Crippen LogP contribution in [0.25, 0.3) is 0 Å². The molecule has 53 heavy (non-hydrogen) atoms. The Hall–Kier alpha value is -2.15. The summed E-state index contributed by atoms with van der Waals surface area (Å²) in [7, 11) is 1.26. The number of hydrogen-bond acceptors (Lipinski definition) is 20. The van der Waals surface area contributed by atoms with Gasteiger partial charge in [0.25, 0.3) is 0 Å². The van der Waals surface area contributed by atoms with E-state index in [-0.39, 0.29) is 25.2 Å². The van der Waals surface area contributed by atoms with Crippen molar-refractivity contribution in [1.82, 2.24) is 0 Å². The summed E-state index contributed by atoms with van der Waals surface area (Å²) in [6.07, 6.45) is -23.7. The van der Waals surface area contributed by atoms with Crippen LogP contribution in [0.3, 0.4) is 0 Å². The molecule has 0 radical (unpaired) electrons. The molecule has 0 unspecified atom stereocenters. The van der Waals surface area contributed by atoms with Gasteiger partial charge >= 0.3 is 17.9 Å². The van der Waals surface area contributed by atoms with Crippen molar-refractivity contribution in [2.75, 3.05) is 32.8 Å². The van der Waals surface area contributed by atoms with E-state index in [9.17, 15) is 54.9 Å². The number of esters is 3. The van der Waals surface area contributed by atoms with Gasteiger partial charge in [-0.05, 0) is 26.7 Å². The minimum Gasteiger partial charge on any atom is -0.469 e. The van der Waals surface area contributed by atoms with E-state index in [0.29, 0.717) is 19.3 Å². The first-order chi connectivity index (χ1) is 25.1. The highest BCUT2D eigenvalue weighted by atomic mass is 35.5. The second-order valence-corrected chi connectivity index (χ2v) is 13.1. The van der Waals surface area contributed by atoms with Crippen molar-refractivity contribution in [3.63, 3.8) is 0 Å². The molecule has 3 heterocycles. The van der Waals surface area contributed by atoms with Gasteiger partial charge in [-0.3, -0.25) is 14.4 Å². The third-order valence-electron chi connectivity index (χ3n) is 8.82. The molecule has 0 bridgehead atoms. The van der Waals surface area contributed by atoms with E-state index >= 15 is 0 Å². The van der Waals surface area contributed by atoms with Crippen LogP contribution in [-0.4, -0.2) is 184 Å². The van der Waals surface area contributed by atoms with Crippen molar-refractivity contribution < 1.29 is 97.6 Å². The monoisotopic (exact) mass is 790 g/mol. The SMILES string of the molecule is COC(=O)CCCCCO[C@@H]1O[C@H](CO[C@@H]2O[C@@H](C)[C@@H](O)[C@@H](O)[C@@H]2O)[C@H](OC(=O)CCC(C)=O)[C@H](O[C@H]2O[C@H](CO)[C@H](O)[C@H](O)[C@H]2O)[C@H]1OC(=O)CCl. The lowest BCUT2D eigenvalue weighted by molar-refractivity contribution is -0.366. The van der Waals surface area contributed by atoms with Crippen LogP contribution in [-0.2, 0) is 61.8 Å². The van der Waals surface area contributed by atoms with E-state index in [1.807, 2.05) is 0 Å². The summed E-state index contributed by atoms with van der Waals surface area (Å²) in [4.78, 5) is 48.9. The summed E-state index contributed by atoms with van der Waals surface area (Å²) < 4.78 is 50.9. The van der Waals surface area contributed by atoms with E-state index in [2.05, 4.69) is 4.74 Å². The summed E-state index contributed by atoms with van der Waals surface area (Å²) >= 11 is 5.76. The number of alkyl halides is 1. The molecule has 0 spiro atoms. The highest BCUT2D eigenvalue weighted by molar-refractivity contribution is 6.26. The quantitative estimate of drug-likeness (QED) is 0.0295. The second kappa shape index (κ2) is 21.8. The molecular weight excluding hydrogens is 740 g/mol. The van der Waals surface area contributed by atoms with Gasteiger partial charge in [0.15, 0.2) is 31.1 Å². The van der Waals surface area contributed by atoms with Crippen LogP contribution in [0, 0.1) is 0 Å². The lowest BCUT2D eigenvalue weighted by Crippen LogP contribution is -2.66. The van der Waals surface area contributed by atoms with Gasteiger partial charge in [0.1, 0.15) is 66.6 Å². The summed E-state index contributed by atoms with van der Waals surface area (Å²) in [6.45, 7) is 1.16. The molecule has 3 aliphatic rings. The average molecular weight is 791 g/mol. The third-order valence-corrected chi connectivity index (χ3v) is 9.04. The fraction of sp³-hybridized carbons (Fsp3) is 0.875. The first kappa shape index (κ1) is 45.2. The van der Waals surface area contributed by atoms with Gasteiger partial charge in [0.05, 0.1) is 32.8 Å². The number of ether oxygens (including phenoxy) is 9. The number of rotatable bonds is 19. The molecule has 21 heteroatoms. The van der Waals surface area contributed by atoms with Crippen molar-refractivity contribution in [3.8, 4) is 0 Å². The molecule has 0 amide bonds. The number of unbranched alkanes of at least 4 members (excludes halogenated alkanes) is 2. The Labute approximate surface area is 310 Å².